The molecule has 1 aromatic heterocycles. The number of hydrogen-bond acceptors (Lipinski definition) is 2. The van der Waals surface area contributed by atoms with E-state index in [9.17, 15) is 18.0 Å². The molecule has 0 radical (unpaired) electrons. The van der Waals surface area contributed by atoms with Gasteiger partial charge in [-0.15, -0.1) is 0 Å². The van der Waals surface area contributed by atoms with E-state index in [-0.39, 0.29) is 5.69 Å². The summed E-state index contributed by atoms with van der Waals surface area (Å²) < 4.78 is 38.7. The largest absolute Gasteiger partial charge is 0.416 e. The SMILES string of the molecule is Cc1cc(NC(=O)Nc2ccc(Cc3ccncc3)cc2)cc(C(F)(F)F)c1. The highest BCUT2D eigenvalue weighted by atomic mass is 19.4. The average Bonchev–Trinajstić information content (AvgIpc) is 2.63. The van der Waals surface area contributed by atoms with Gasteiger partial charge < -0.3 is 10.6 Å². The molecule has 144 valence electrons. The summed E-state index contributed by atoms with van der Waals surface area (Å²) in [5.74, 6) is 0. The normalized spacial score (nSPS) is 11.1. The van der Waals surface area contributed by atoms with Gasteiger partial charge >= 0.3 is 12.2 Å². The van der Waals surface area contributed by atoms with Crippen molar-refractivity contribution in [1.82, 2.24) is 4.98 Å². The molecular weight excluding hydrogens is 367 g/mol. The van der Waals surface area contributed by atoms with Gasteiger partial charge in [-0.3, -0.25) is 4.98 Å². The van der Waals surface area contributed by atoms with Gasteiger partial charge in [0, 0.05) is 23.8 Å². The minimum atomic E-state index is -4.47. The van der Waals surface area contributed by atoms with E-state index < -0.39 is 17.8 Å². The van der Waals surface area contributed by atoms with Crippen LogP contribution in [0.4, 0.5) is 29.3 Å². The second-order valence-electron chi connectivity index (χ2n) is 6.39. The van der Waals surface area contributed by atoms with E-state index in [1.807, 2.05) is 24.3 Å². The smallest absolute Gasteiger partial charge is 0.308 e. The first-order valence-electron chi connectivity index (χ1n) is 8.54. The number of anilines is 2. The highest BCUT2D eigenvalue weighted by molar-refractivity contribution is 5.99. The number of alkyl halides is 3. The molecular formula is C21H18F3N3O. The number of nitrogens with zero attached hydrogens (tertiary/aromatic N) is 1. The Morgan fingerprint density at radius 2 is 1.50 bits per heavy atom. The van der Waals surface area contributed by atoms with Gasteiger partial charge in [0.1, 0.15) is 0 Å². The van der Waals surface area contributed by atoms with E-state index in [0.717, 1.165) is 29.7 Å². The molecule has 7 heteroatoms. The number of amides is 2. The van der Waals surface area contributed by atoms with Gasteiger partial charge in [-0.1, -0.05) is 12.1 Å². The molecule has 2 aromatic carbocycles. The van der Waals surface area contributed by atoms with Gasteiger partial charge in [0.2, 0.25) is 0 Å². The number of aryl methyl sites for hydroxylation is 1. The fourth-order valence-electron chi connectivity index (χ4n) is 2.75. The van der Waals surface area contributed by atoms with Crippen molar-refractivity contribution in [2.45, 2.75) is 19.5 Å². The van der Waals surface area contributed by atoms with Crippen LogP contribution < -0.4 is 10.6 Å². The van der Waals surface area contributed by atoms with Crippen LogP contribution in [0.15, 0.2) is 67.0 Å². The number of aromatic nitrogens is 1. The second kappa shape index (κ2) is 8.12. The van der Waals surface area contributed by atoms with E-state index in [1.54, 1.807) is 31.5 Å². The van der Waals surface area contributed by atoms with Crippen LogP contribution in [0.5, 0.6) is 0 Å². The minimum absolute atomic E-state index is 0.0825. The highest BCUT2D eigenvalue weighted by Gasteiger charge is 2.31. The van der Waals surface area contributed by atoms with Crippen LogP contribution >= 0.6 is 0 Å². The summed E-state index contributed by atoms with van der Waals surface area (Å²) >= 11 is 0. The lowest BCUT2D eigenvalue weighted by Crippen LogP contribution is -2.20. The van der Waals surface area contributed by atoms with Crippen molar-refractivity contribution in [3.05, 3.63) is 89.2 Å². The Bertz CT molecular complexity index is 955. The van der Waals surface area contributed by atoms with Gasteiger partial charge in [-0.25, -0.2) is 4.79 Å². The molecule has 0 fully saturated rings. The van der Waals surface area contributed by atoms with Crippen LogP contribution in [0.3, 0.4) is 0 Å². The molecule has 0 atom stereocenters. The third kappa shape index (κ3) is 5.33. The van der Waals surface area contributed by atoms with Gasteiger partial charge in [0.25, 0.3) is 0 Å². The number of pyridine rings is 1. The predicted molar refractivity (Wildman–Crippen MR) is 102 cm³/mol. The van der Waals surface area contributed by atoms with Crippen LogP contribution in [-0.4, -0.2) is 11.0 Å². The Balaban J connectivity index is 1.63. The monoisotopic (exact) mass is 385 g/mol. The summed E-state index contributed by atoms with van der Waals surface area (Å²) in [6.07, 6.45) is -0.280. The topological polar surface area (TPSA) is 54.0 Å². The van der Waals surface area contributed by atoms with Crippen molar-refractivity contribution in [3.63, 3.8) is 0 Å². The third-order valence-electron chi connectivity index (χ3n) is 4.03. The van der Waals surface area contributed by atoms with Gasteiger partial charge in [0.15, 0.2) is 0 Å². The van der Waals surface area contributed by atoms with Gasteiger partial charge in [0.05, 0.1) is 5.56 Å². The first-order chi connectivity index (χ1) is 13.3. The predicted octanol–water partition coefficient (Wildman–Crippen LogP) is 5.64. The number of hydrogen-bond donors (Lipinski definition) is 2. The van der Waals surface area contributed by atoms with Gasteiger partial charge in [-0.05, 0) is 72.5 Å². The Labute approximate surface area is 160 Å². The lowest BCUT2D eigenvalue weighted by atomic mass is 10.1. The minimum Gasteiger partial charge on any atom is -0.308 e. The zero-order valence-electron chi connectivity index (χ0n) is 15.0. The molecule has 4 nitrogen and oxygen atoms in total. The molecule has 0 bridgehead atoms. The van der Waals surface area contributed by atoms with Crippen molar-refractivity contribution in [2.24, 2.45) is 0 Å². The van der Waals surface area contributed by atoms with E-state index in [2.05, 4.69) is 15.6 Å². The van der Waals surface area contributed by atoms with Crippen LogP contribution in [-0.2, 0) is 12.6 Å². The zero-order valence-corrected chi connectivity index (χ0v) is 15.0. The quantitative estimate of drug-likeness (QED) is 0.610. The number of carbonyl (C=O) groups is 1. The summed E-state index contributed by atoms with van der Waals surface area (Å²) in [6, 6.07) is 13.9. The van der Waals surface area contributed by atoms with Crippen LogP contribution in [0.25, 0.3) is 0 Å². The van der Waals surface area contributed by atoms with Gasteiger partial charge in [-0.2, -0.15) is 13.2 Å². The maximum Gasteiger partial charge on any atom is 0.416 e. The highest BCUT2D eigenvalue weighted by Crippen LogP contribution is 2.31. The van der Waals surface area contributed by atoms with Crippen molar-refractivity contribution in [2.75, 3.05) is 10.6 Å². The van der Waals surface area contributed by atoms with Crippen LogP contribution in [0.1, 0.15) is 22.3 Å². The molecule has 28 heavy (non-hydrogen) atoms. The van der Waals surface area contributed by atoms with Crippen LogP contribution in [0.2, 0.25) is 0 Å². The zero-order chi connectivity index (χ0) is 20.1. The first kappa shape index (κ1) is 19.4. The molecule has 3 aromatic rings. The molecule has 1 heterocycles. The Morgan fingerprint density at radius 1 is 0.893 bits per heavy atom. The Morgan fingerprint density at radius 3 is 2.14 bits per heavy atom. The first-order valence-corrected chi connectivity index (χ1v) is 8.54. The fraction of sp³-hybridized carbons (Fsp3) is 0.143. The number of rotatable bonds is 4. The molecule has 3 rings (SSSR count). The molecule has 0 saturated heterocycles. The summed E-state index contributed by atoms with van der Waals surface area (Å²) in [7, 11) is 0. The van der Waals surface area contributed by atoms with E-state index in [4.69, 9.17) is 0 Å². The number of nitrogens with one attached hydrogen (secondary N) is 2. The Kier molecular flexibility index (Phi) is 5.63. The Hall–Kier alpha value is -3.35. The number of halogens is 3. The molecule has 0 aliphatic rings. The molecule has 2 amide bonds. The van der Waals surface area contributed by atoms with E-state index in [1.165, 1.54) is 6.07 Å². The molecule has 0 aliphatic heterocycles. The standard InChI is InChI=1S/C21H18F3N3O/c1-14-10-17(21(22,23)24)13-19(11-14)27-20(28)26-18-4-2-15(3-5-18)12-16-6-8-25-9-7-16/h2-11,13H,12H2,1H3,(H2,26,27,28). The summed E-state index contributed by atoms with van der Waals surface area (Å²) in [6.45, 7) is 1.54. The molecule has 0 aliphatic carbocycles. The summed E-state index contributed by atoms with van der Waals surface area (Å²) in [5.41, 5.74) is 2.41. The molecule has 0 spiro atoms. The summed E-state index contributed by atoms with van der Waals surface area (Å²) in [5, 5.41) is 5.06. The number of benzene rings is 2. The molecule has 0 saturated carbocycles. The number of urea groups is 1. The van der Waals surface area contributed by atoms with E-state index in [0.29, 0.717) is 11.3 Å². The lowest BCUT2D eigenvalue weighted by Gasteiger charge is -2.12. The second-order valence-corrected chi connectivity index (χ2v) is 6.39. The van der Waals surface area contributed by atoms with Crippen LogP contribution in [0, 0.1) is 6.92 Å². The maximum atomic E-state index is 12.9. The fourth-order valence-corrected chi connectivity index (χ4v) is 2.75. The number of carbonyl (C=O) groups excluding carboxylic acids is 1. The van der Waals surface area contributed by atoms with Crippen molar-refractivity contribution in [1.29, 1.82) is 0 Å². The van der Waals surface area contributed by atoms with Crippen molar-refractivity contribution >= 4 is 17.4 Å². The van der Waals surface area contributed by atoms with Crippen molar-refractivity contribution < 1.29 is 18.0 Å². The van der Waals surface area contributed by atoms with Crippen molar-refractivity contribution in [3.8, 4) is 0 Å². The van der Waals surface area contributed by atoms with E-state index >= 15 is 0 Å². The lowest BCUT2D eigenvalue weighted by molar-refractivity contribution is -0.137. The molecule has 2 N–H and O–H groups in total. The average molecular weight is 385 g/mol. The third-order valence-corrected chi connectivity index (χ3v) is 4.03. The molecule has 0 unspecified atom stereocenters. The summed E-state index contributed by atoms with van der Waals surface area (Å²) in [4.78, 5) is 16.1. The maximum absolute atomic E-state index is 12.9.